The summed E-state index contributed by atoms with van der Waals surface area (Å²) in [6.45, 7) is 2.10. The summed E-state index contributed by atoms with van der Waals surface area (Å²) in [4.78, 5) is 32.8. The summed E-state index contributed by atoms with van der Waals surface area (Å²) < 4.78 is 40.3. The highest BCUT2D eigenvalue weighted by Gasteiger charge is 2.46. The largest absolute Gasteiger partial charge is 0.416 e. The number of alkyl halides is 3. The molecule has 2 aromatic carbocycles. The van der Waals surface area contributed by atoms with E-state index >= 15 is 0 Å². The van der Waals surface area contributed by atoms with E-state index in [0.717, 1.165) is 23.4 Å². The molecule has 39 heavy (non-hydrogen) atoms. The van der Waals surface area contributed by atoms with E-state index < -0.39 is 17.3 Å². The third-order valence-corrected chi connectivity index (χ3v) is 9.63. The molecule has 0 saturated carbocycles. The number of amides is 1. The van der Waals surface area contributed by atoms with Gasteiger partial charge in [-0.2, -0.15) is 13.2 Å². The first kappa shape index (κ1) is 26.4. The van der Waals surface area contributed by atoms with Crippen molar-refractivity contribution in [3.63, 3.8) is 0 Å². The van der Waals surface area contributed by atoms with Gasteiger partial charge in [-0.15, -0.1) is 22.7 Å². The number of halogens is 4. The van der Waals surface area contributed by atoms with E-state index in [1.54, 1.807) is 40.7 Å². The third-order valence-electron chi connectivity index (χ3n) is 7.21. The van der Waals surface area contributed by atoms with Crippen LogP contribution in [0, 0.1) is 0 Å². The highest BCUT2D eigenvalue weighted by Crippen LogP contribution is 2.40. The van der Waals surface area contributed by atoms with Gasteiger partial charge in [0.15, 0.2) is 5.01 Å². The molecule has 1 amide bonds. The average molecular weight is 591 g/mol. The van der Waals surface area contributed by atoms with Gasteiger partial charge < -0.3 is 10.2 Å². The van der Waals surface area contributed by atoms with Crippen LogP contribution >= 0.6 is 34.3 Å². The molecule has 1 atom stereocenters. The second-order valence-electron chi connectivity index (χ2n) is 9.76. The number of hydrogen-bond donors (Lipinski definition) is 2. The zero-order valence-corrected chi connectivity index (χ0v) is 22.7. The number of Topliss-reactive ketones (excluding diaryl/α,β-unsaturated/α-hetero) is 1. The number of likely N-dealkylation sites (tertiary alicyclic amines) is 1. The normalized spacial score (nSPS) is 19.9. The van der Waals surface area contributed by atoms with Crippen LogP contribution in [0.5, 0.6) is 0 Å². The van der Waals surface area contributed by atoms with Crippen molar-refractivity contribution in [3.05, 3.63) is 74.5 Å². The van der Waals surface area contributed by atoms with Crippen molar-refractivity contribution in [2.75, 3.05) is 26.2 Å². The summed E-state index contributed by atoms with van der Waals surface area (Å²) in [5, 5.41) is 10.0. The van der Waals surface area contributed by atoms with Gasteiger partial charge in [-0.3, -0.25) is 14.9 Å². The summed E-state index contributed by atoms with van der Waals surface area (Å²) >= 11 is 9.14. The number of benzene rings is 2. The maximum Gasteiger partial charge on any atom is 0.416 e. The van der Waals surface area contributed by atoms with E-state index in [1.807, 2.05) is 0 Å². The van der Waals surface area contributed by atoms with Gasteiger partial charge in [-0.1, -0.05) is 35.9 Å². The van der Waals surface area contributed by atoms with Crippen LogP contribution in [0.1, 0.15) is 31.5 Å². The Morgan fingerprint density at radius 1 is 1.15 bits per heavy atom. The number of rotatable bonds is 6. The van der Waals surface area contributed by atoms with Crippen LogP contribution < -0.4 is 10.6 Å². The van der Waals surface area contributed by atoms with Crippen molar-refractivity contribution in [2.24, 2.45) is 0 Å². The molecular weight excluding hydrogens is 569 g/mol. The molecule has 6 nitrogen and oxygen atoms in total. The van der Waals surface area contributed by atoms with Gasteiger partial charge >= 0.3 is 6.18 Å². The van der Waals surface area contributed by atoms with Crippen molar-refractivity contribution in [2.45, 2.75) is 24.2 Å². The minimum atomic E-state index is -4.43. The van der Waals surface area contributed by atoms with Crippen LogP contribution in [-0.2, 0) is 6.18 Å². The fraction of sp³-hybridized carbons (Fsp3) is 0.296. The average Bonchev–Trinajstić information content (AvgIpc) is 3.66. The third kappa shape index (κ3) is 4.87. The first-order valence-electron chi connectivity index (χ1n) is 12.3. The number of hydrogen-bond acceptors (Lipinski definition) is 7. The zero-order valence-electron chi connectivity index (χ0n) is 20.3. The summed E-state index contributed by atoms with van der Waals surface area (Å²) in [5.74, 6) is -0.235. The Kier molecular flexibility index (Phi) is 6.75. The van der Waals surface area contributed by atoms with Crippen LogP contribution in [0.4, 0.5) is 13.2 Å². The molecule has 0 aliphatic carbocycles. The van der Waals surface area contributed by atoms with Crippen molar-refractivity contribution in [1.82, 2.24) is 20.5 Å². The minimum absolute atomic E-state index is 0.0311. The molecule has 6 rings (SSSR count). The van der Waals surface area contributed by atoms with E-state index in [2.05, 4.69) is 15.6 Å². The van der Waals surface area contributed by atoms with Crippen molar-refractivity contribution in [1.29, 1.82) is 0 Å². The quantitative estimate of drug-likeness (QED) is 0.281. The molecule has 2 aromatic heterocycles. The Morgan fingerprint density at radius 2 is 1.95 bits per heavy atom. The highest BCUT2D eigenvalue weighted by molar-refractivity contribution is 7.21. The van der Waals surface area contributed by atoms with Crippen LogP contribution in [-0.4, -0.2) is 59.3 Å². The number of thiophene rings is 1. The molecule has 4 aromatic rings. The van der Waals surface area contributed by atoms with Gasteiger partial charge in [0.2, 0.25) is 5.78 Å². The monoisotopic (exact) mass is 590 g/mol. The van der Waals surface area contributed by atoms with Crippen LogP contribution in [0.3, 0.4) is 0 Å². The fourth-order valence-electron chi connectivity index (χ4n) is 5.14. The number of nitrogens with zero attached hydrogens (tertiary/aromatic N) is 2. The smallest absolute Gasteiger partial charge is 0.335 e. The van der Waals surface area contributed by atoms with Crippen molar-refractivity contribution in [3.8, 4) is 11.1 Å². The predicted molar refractivity (Wildman–Crippen MR) is 147 cm³/mol. The lowest BCUT2D eigenvalue weighted by atomic mass is 9.90. The molecule has 2 fully saturated rings. The van der Waals surface area contributed by atoms with Gasteiger partial charge in [0.05, 0.1) is 16.1 Å². The van der Waals surface area contributed by atoms with E-state index in [-0.39, 0.29) is 17.7 Å². The van der Waals surface area contributed by atoms with Crippen molar-refractivity contribution >= 4 is 56.1 Å². The van der Waals surface area contributed by atoms with E-state index in [9.17, 15) is 22.8 Å². The van der Waals surface area contributed by atoms with Gasteiger partial charge in [-0.25, -0.2) is 4.98 Å². The number of carbonyl (C=O) groups excluding carboxylic acids is 2. The Balaban J connectivity index is 1.17. The first-order valence-corrected chi connectivity index (χ1v) is 14.3. The number of ketones is 1. The Labute approximate surface area is 234 Å². The molecular formula is C27H22ClF3N4O2S2. The van der Waals surface area contributed by atoms with Crippen LogP contribution in [0.2, 0.25) is 5.02 Å². The van der Waals surface area contributed by atoms with Gasteiger partial charge in [0, 0.05) is 47.3 Å². The summed E-state index contributed by atoms with van der Waals surface area (Å²) in [6.07, 6.45) is -2.17. The lowest BCUT2D eigenvalue weighted by molar-refractivity contribution is -0.137. The Morgan fingerprint density at radius 3 is 2.64 bits per heavy atom. The molecule has 2 aliphatic rings. The zero-order chi connectivity index (χ0) is 27.4. The molecule has 2 saturated heterocycles. The second kappa shape index (κ2) is 9.97. The lowest BCUT2D eigenvalue weighted by Crippen LogP contribution is -2.67. The number of nitrogens with one attached hydrogen (secondary N) is 2. The SMILES string of the molecule is O=C(c1sc2cc(-c3cccc(C(F)(F)F)c3)ccc2c1Cl)N1CC(N[C@@]2(C(=O)c3nccs3)CCNC2)C1. The lowest BCUT2D eigenvalue weighted by Gasteiger charge is -2.43. The first-order chi connectivity index (χ1) is 18.6. The topological polar surface area (TPSA) is 74.3 Å². The molecule has 0 radical (unpaired) electrons. The molecule has 4 heterocycles. The van der Waals surface area contributed by atoms with Crippen LogP contribution in [0.25, 0.3) is 21.2 Å². The van der Waals surface area contributed by atoms with Gasteiger partial charge in [0.1, 0.15) is 4.88 Å². The number of carbonyl (C=O) groups is 2. The number of aromatic nitrogens is 1. The molecule has 0 bridgehead atoms. The molecule has 12 heteroatoms. The molecule has 202 valence electrons. The summed E-state index contributed by atoms with van der Waals surface area (Å²) in [6, 6.07) is 10.3. The Hall–Kier alpha value is -2.83. The van der Waals surface area contributed by atoms with E-state index in [1.165, 1.54) is 28.7 Å². The minimum Gasteiger partial charge on any atom is -0.335 e. The van der Waals surface area contributed by atoms with E-state index in [0.29, 0.717) is 57.5 Å². The summed E-state index contributed by atoms with van der Waals surface area (Å²) in [5.41, 5.74) is -0.417. The van der Waals surface area contributed by atoms with Crippen LogP contribution in [0.15, 0.2) is 54.0 Å². The maximum absolute atomic E-state index is 13.3. The molecule has 2 aliphatic heterocycles. The standard InChI is InChI=1S/C27H22ClF3N4O2S2/c28-21-19-5-4-16(15-2-1-3-17(10-15)27(29,30)31)11-20(19)39-22(21)25(37)35-12-18(13-35)34-26(6-7-32-14-26)23(36)24-33-8-9-38-24/h1-5,8-11,18,32,34H,6-7,12-14H2/t26-/m0/s1. The highest BCUT2D eigenvalue weighted by atomic mass is 35.5. The summed E-state index contributed by atoms with van der Waals surface area (Å²) in [7, 11) is 0. The maximum atomic E-state index is 13.3. The molecule has 2 N–H and O–H groups in total. The number of fused-ring (bicyclic) bond motifs is 1. The molecule has 0 spiro atoms. The fourth-order valence-corrected chi connectivity index (χ4v) is 7.34. The van der Waals surface area contributed by atoms with Crippen molar-refractivity contribution < 1.29 is 22.8 Å². The Bertz CT molecular complexity index is 1560. The second-order valence-corrected chi connectivity index (χ2v) is 12.1. The molecule has 0 unspecified atom stereocenters. The van der Waals surface area contributed by atoms with E-state index in [4.69, 9.17) is 11.6 Å². The van der Waals surface area contributed by atoms with Gasteiger partial charge in [-0.05, 0) is 42.3 Å². The number of thiazole rings is 1. The van der Waals surface area contributed by atoms with Gasteiger partial charge in [0.25, 0.3) is 5.91 Å². The predicted octanol–water partition coefficient (Wildman–Crippen LogP) is 5.73.